The van der Waals surface area contributed by atoms with Crippen LogP contribution in [0.1, 0.15) is 36.7 Å². The van der Waals surface area contributed by atoms with Crippen molar-refractivity contribution in [2.24, 2.45) is 0 Å². The van der Waals surface area contributed by atoms with Crippen molar-refractivity contribution in [2.45, 2.75) is 38.8 Å². The van der Waals surface area contributed by atoms with E-state index in [1.54, 1.807) is 31.3 Å². The smallest absolute Gasteiger partial charge is 0.274 e. The van der Waals surface area contributed by atoms with Crippen LogP contribution in [0, 0.1) is 0 Å². The van der Waals surface area contributed by atoms with Gasteiger partial charge in [0, 0.05) is 25.0 Å². The van der Waals surface area contributed by atoms with Crippen molar-refractivity contribution >= 4 is 26.5 Å². The van der Waals surface area contributed by atoms with Crippen molar-refractivity contribution < 1.29 is 13.2 Å². The number of benzene rings is 1. The lowest BCUT2D eigenvalue weighted by molar-refractivity contribution is 0.0741. The van der Waals surface area contributed by atoms with Crippen molar-refractivity contribution in [2.75, 3.05) is 18.6 Å². The molecule has 1 atom stereocenters. The predicted molar refractivity (Wildman–Crippen MR) is 100 cm³/mol. The summed E-state index contributed by atoms with van der Waals surface area (Å²) in [5, 5.41) is 5.29. The summed E-state index contributed by atoms with van der Waals surface area (Å²) in [6.45, 7) is 2.47. The van der Waals surface area contributed by atoms with Crippen LogP contribution in [0.5, 0.6) is 0 Å². The summed E-state index contributed by atoms with van der Waals surface area (Å²) in [7, 11) is -1.49. The zero-order valence-corrected chi connectivity index (χ0v) is 15.8. The maximum absolute atomic E-state index is 13.0. The molecule has 0 N–H and O–H groups in total. The third-order valence-corrected chi connectivity index (χ3v) is 6.62. The van der Waals surface area contributed by atoms with Gasteiger partial charge < -0.3 is 4.90 Å². The minimum absolute atomic E-state index is 0.0252. The molecule has 1 saturated heterocycles. The van der Waals surface area contributed by atoms with Crippen LogP contribution in [0.3, 0.4) is 0 Å². The first-order chi connectivity index (χ1) is 12.3. The van der Waals surface area contributed by atoms with Gasteiger partial charge in [0.2, 0.25) is 0 Å². The number of hydrogen-bond donors (Lipinski definition) is 0. The molecule has 1 amide bonds. The van der Waals surface area contributed by atoms with Gasteiger partial charge in [-0.1, -0.05) is 31.5 Å². The van der Waals surface area contributed by atoms with Crippen molar-refractivity contribution in [3.8, 4) is 0 Å². The molecule has 1 fully saturated rings. The number of amides is 1. The van der Waals surface area contributed by atoms with Gasteiger partial charge in [-0.2, -0.15) is 5.10 Å². The SMILES string of the molecule is CCCCn1nc(C(=O)N(C)C2CCS(=O)(=O)C2)c2ccccc2c1=O. The average molecular weight is 377 g/mol. The number of nitrogens with zero attached hydrogens (tertiary/aromatic N) is 3. The van der Waals surface area contributed by atoms with Crippen LogP contribution in [-0.4, -0.2) is 53.6 Å². The Morgan fingerprint density at radius 2 is 2.00 bits per heavy atom. The Labute approximate surface area is 152 Å². The van der Waals surface area contributed by atoms with E-state index in [4.69, 9.17) is 0 Å². The van der Waals surface area contributed by atoms with Crippen LogP contribution in [-0.2, 0) is 16.4 Å². The molecule has 8 heteroatoms. The van der Waals surface area contributed by atoms with Crippen LogP contribution in [0.4, 0.5) is 0 Å². The fourth-order valence-electron chi connectivity index (χ4n) is 3.27. The Morgan fingerprint density at radius 1 is 1.31 bits per heavy atom. The van der Waals surface area contributed by atoms with Gasteiger partial charge >= 0.3 is 0 Å². The van der Waals surface area contributed by atoms with E-state index in [9.17, 15) is 18.0 Å². The maximum atomic E-state index is 13.0. The topological polar surface area (TPSA) is 89.3 Å². The Hall–Kier alpha value is -2.22. The summed E-state index contributed by atoms with van der Waals surface area (Å²) in [5.41, 5.74) is -0.0141. The molecular weight excluding hydrogens is 354 g/mol. The van der Waals surface area contributed by atoms with Gasteiger partial charge in [0.1, 0.15) is 0 Å². The second-order valence-corrected chi connectivity index (χ2v) is 8.98. The lowest BCUT2D eigenvalue weighted by Crippen LogP contribution is -2.39. The normalized spacial score (nSPS) is 18.9. The molecule has 0 aliphatic carbocycles. The zero-order chi connectivity index (χ0) is 18.9. The molecule has 1 unspecified atom stereocenters. The highest BCUT2D eigenvalue weighted by Gasteiger charge is 2.34. The van der Waals surface area contributed by atoms with Crippen molar-refractivity contribution in [3.05, 3.63) is 40.3 Å². The van der Waals surface area contributed by atoms with Crippen LogP contribution in [0.2, 0.25) is 0 Å². The van der Waals surface area contributed by atoms with Gasteiger partial charge in [-0.25, -0.2) is 13.1 Å². The Kier molecular flexibility index (Phi) is 5.13. The highest BCUT2D eigenvalue weighted by atomic mass is 32.2. The van der Waals surface area contributed by atoms with Gasteiger partial charge in [-0.3, -0.25) is 9.59 Å². The monoisotopic (exact) mass is 377 g/mol. The quantitative estimate of drug-likeness (QED) is 0.787. The molecule has 1 aromatic carbocycles. The molecular formula is C18H23N3O4S. The highest BCUT2D eigenvalue weighted by molar-refractivity contribution is 7.91. The molecule has 0 spiro atoms. The summed E-state index contributed by atoms with van der Waals surface area (Å²) in [4.78, 5) is 27.1. The maximum Gasteiger partial charge on any atom is 0.274 e. The Morgan fingerprint density at radius 3 is 2.62 bits per heavy atom. The number of aryl methyl sites for hydroxylation is 1. The molecule has 0 radical (unpaired) electrons. The third kappa shape index (κ3) is 3.51. The van der Waals surface area contributed by atoms with E-state index in [2.05, 4.69) is 5.10 Å². The minimum Gasteiger partial charge on any atom is -0.336 e. The molecule has 140 valence electrons. The van der Waals surface area contributed by atoms with Gasteiger partial charge in [0.25, 0.3) is 11.5 Å². The first-order valence-corrected chi connectivity index (χ1v) is 10.6. The summed E-state index contributed by atoms with van der Waals surface area (Å²) in [5.74, 6) is -0.282. The molecule has 26 heavy (non-hydrogen) atoms. The number of aromatic nitrogens is 2. The van der Waals surface area contributed by atoms with E-state index in [-0.39, 0.29) is 34.7 Å². The van der Waals surface area contributed by atoms with E-state index >= 15 is 0 Å². The number of unbranched alkanes of at least 4 members (excludes halogenated alkanes) is 1. The predicted octanol–water partition coefficient (Wildman–Crippen LogP) is 1.46. The molecule has 0 bridgehead atoms. The van der Waals surface area contributed by atoms with Crippen molar-refractivity contribution in [3.63, 3.8) is 0 Å². The van der Waals surface area contributed by atoms with E-state index in [1.807, 2.05) is 6.92 Å². The van der Waals surface area contributed by atoms with Gasteiger partial charge in [0.15, 0.2) is 15.5 Å². The van der Waals surface area contributed by atoms with Crippen LogP contribution in [0.15, 0.2) is 29.1 Å². The lowest BCUT2D eigenvalue weighted by Gasteiger charge is -2.23. The Balaban J connectivity index is 2.04. The van der Waals surface area contributed by atoms with Gasteiger partial charge in [-0.15, -0.1) is 0 Å². The number of fused-ring (bicyclic) bond motifs is 1. The molecule has 1 aromatic heterocycles. The second-order valence-electron chi connectivity index (χ2n) is 6.75. The molecule has 1 aliphatic heterocycles. The molecule has 1 aliphatic rings. The zero-order valence-electron chi connectivity index (χ0n) is 15.0. The lowest BCUT2D eigenvalue weighted by atomic mass is 10.1. The van der Waals surface area contributed by atoms with E-state index in [0.29, 0.717) is 23.7 Å². The number of hydrogen-bond acceptors (Lipinski definition) is 5. The Bertz CT molecular complexity index is 997. The molecule has 0 saturated carbocycles. The fraction of sp³-hybridized carbons (Fsp3) is 0.500. The van der Waals surface area contributed by atoms with Crippen molar-refractivity contribution in [1.29, 1.82) is 0 Å². The van der Waals surface area contributed by atoms with E-state index in [0.717, 1.165) is 12.8 Å². The first kappa shape index (κ1) is 18.6. The summed E-state index contributed by atoms with van der Waals surface area (Å²) in [6.07, 6.45) is 2.12. The van der Waals surface area contributed by atoms with E-state index < -0.39 is 9.84 Å². The van der Waals surface area contributed by atoms with Crippen LogP contribution in [0.25, 0.3) is 10.8 Å². The molecule has 7 nitrogen and oxygen atoms in total. The largest absolute Gasteiger partial charge is 0.336 e. The van der Waals surface area contributed by atoms with Gasteiger partial charge in [0.05, 0.1) is 16.9 Å². The number of sulfone groups is 1. The molecule has 3 rings (SSSR count). The van der Waals surface area contributed by atoms with Crippen LogP contribution < -0.4 is 5.56 Å². The average Bonchev–Trinajstić information content (AvgIpc) is 3.00. The number of rotatable bonds is 5. The molecule has 2 aromatic rings. The van der Waals surface area contributed by atoms with Gasteiger partial charge in [-0.05, 0) is 18.9 Å². The first-order valence-electron chi connectivity index (χ1n) is 8.81. The second kappa shape index (κ2) is 7.19. The molecule has 2 heterocycles. The minimum atomic E-state index is -3.10. The standard InChI is InChI=1S/C18H23N3O4S/c1-3-4-10-21-17(22)15-8-6-5-7-14(15)16(19-21)18(23)20(2)13-9-11-26(24,25)12-13/h5-8,13H,3-4,9-12H2,1-2H3. The fourth-order valence-corrected chi connectivity index (χ4v) is 5.04. The van der Waals surface area contributed by atoms with E-state index in [1.165, 1.54) is 9.58 Å². The number of carbonyl (C=O) groups excluding carboxylic acids is 1. The van der Waals surface area contributed by atoms with Crippen molar-refractivity contribution in [1.82, 2.24) is 14.7 Å². The summed E-state index contributed by atoms with van der Waals surface area (Å²) < 4.78 is 24.8. The summed E-state index contributed by atoms with van der Waals surface area (Å²) >= 11 is 0. The highest BCUT2D eigenvalue weighted by Crippen LogP contribution is 2.21. The third-order valence-electron chi connectivity index (χ3n) is 4.87. The number of carbonyl (C=O) groups is 1. The summed E-state index contributed by atoms with van der Waals surface area (Å²) in [6, 6.07) is 6.56. The van der Waals surface area contributed by atoms with Crippen LogP contribution >= 0.6 is 0 Å².